The smallest absolute Gasteiger partial charge is 0.144 e. The number of aliphatic imine (C=N–C) groups is 1. The number of nitrogens with zero attached hydrogens (tertiary/aromatic N) is 2. The van der Waals surface area contributed by atoms with Gasteiger partial charge in [-0.3, -0.25) is 4.99 Å². The molecule has 1 aliphatic rings. The van der Waals surface area contributed by atoms with Gasteiger partial charge in [-0.1, -0.05) is 58.3 Å². The third-order valence-electron chi connectivity index (χ3n) is 6.62. The van der Waals surface area contributed by atoms with Crippen LogP contribution in [0.15, 0.2) is 53.2 Å². The molecule has 2 N–H and O–H groups in total. The second-order valence-electron chi connectivity index (χ2n) is 9.35. The van der Waals surface area contributed by atoms with Crippen LogP contribution in [0.5, 0.6) is 5.75 Å². The number of unbranched alkanes of at least 4 members (excludes halogenated alkanes) is 8. The standard InChI is InChI=1S/C30H36N4O/c1-3-4-5-6-7-8-9-10-11-12-24-14-15-25(32-24)19-29-30(35-2)20-28(34-29)27-18-23-17-22(21-31)13-16-26(23)33-27/h13-20,33-34H,3-12H2,1-2H3/b25-19+. The summed E-state index contributed by atoms with van der Waals surface area (Å²) in [6.45, 7) is 2.27. The Morgan fingerprint density at radius 2 is 1.66 bits per heavy atom. The van der Waals surface area contributed by atoms with Crippen LogP contribution in [0.2, 0.25) is 0 Å². The van der Waals surface area contributed by atoms with Gasteiger partial charge in [-0.15, -0.1) is 0 Å². The van der Waals surface area contributed by atoms with Crippen LogP contribution >= 0.6 is 0 Å². The Labute approximate surface area is 208 Å². The third-order valence-corrected chi connectivity index (χ3v) is 6.62. The van der Waals surface area contributed by atoms with Crippen LogP contribution in [0, 0.1) is 11.3 Å². The predicted octanol–water partition coefficient (Wildman–Crippen LogP) is 8.32. The number of H-pyrrole nitrogens is 2. The molecule has 5 heteroatoms. The molecular formula is C30H36N4O. The van der Waals surface area contributed by atoms with Gasteiger partial charge >= 0.3 is 0 Å². The number of allylic oxidation sites excluding steroid dienone is 2. The van der Waals surface area contributed by atoms with Crippen molar-refractivity contribution >= 4 is 22.7 Å². The number of hydrogen-bond acceptors (Lipinski definition) is 3. The topological polar surface area (TPSA) is 77.0 Å². The normalized spacial score (nSPS) is 14.1. The third kappa shape index (κ3) is 6.54. The predicted molar refractivity (Wildman–Crippen MR) is 146 cm³/mol. The molecule has 4 rings (SSSR count). The first-order chi connectivity index (χ1) is 17.2. The Morgan fingerprint density at radius 1 is 0.914 bits per heavy atom. The fourth-order valence-electron chi connectivity index (χ4n) is 4.63. The first kappa shape index (κ1) is 24.6. The van der Waals surface area contributed by atoms with E-state index < -0.39 is 0 Å². The molecule has 2 aromatic heterocycles. The minimum atomic E-state index is 0.654. The number of rotatable bonds is 13. The quantitative estimate of drug-likeness (QED) is 0.247. The summed E-state index contributed by atoms with van der Waals surface area (Å²) >= 11 is 0. The average Bonchev–Trinajstić information content (AvgIpc) is 3.60. The molecule has 0 saturated heterocycles. The molecule has 0 aliphatic carbocycles. The highest BCUT2D eigenvalue weighted by Gasteiger charge is 2.13. The maximum Gasteiger partial charge on any atom is 0.144 e. The van der Waals surface area contributed by atoms with Crippen molar-refractivity contribution in [2.24, 2.45) is 4.99 Å². The molecule has 3 aromatic rings. The van der Waals surface area contributed by atoms with E-state index in [0.29, 0.717) is 5.56 Å². The summed E-state index contributed by atoms with van der Waals surface area (Å²) in [4.78, 5) is 11.7. The number of nitrogens with one attached hydrogen (secondary N) is 2. The highest BCUT2D eigenvalue weighted by molar-refractivity contribution is 5.99. The number of fused-ring (bicyclic) bond motifs is 1. The van der Waals surface area contributed by atoms with Gasteiger partial charge in [-0.2, -0.15) is 5.26 Å². The Hall–Kier alpha value is -3.52. The molecule has 1 aromatic carbocycles. The van der Waals surface area contributed by atoms with E-state index in [1.165, 1.54) is 57.8 Å². The largest absolute Gasteiger partial charge is 0.494 e. The Morgan fingerprint density at radius 3 is 2.40 bits per heavy atom. The van der Waals surface area contributed by atoms with Gasteiger partial charge in [-0.05, 0) is 55.3 Å². The lowest BCUT2D eigenvalue weighted by Crippen LogP contribution is -1.90. The first-order valence-corrected chi connectivity index (χ1v) is 13.0. The zero-order valence-electron chi connectivity index (χ0n) is 21.0. The summed E-state index contributed by atoms with van der Waals surface area (Å²) < 4.78 is 5.62. The molecule has 0 saturated carbocycles. The molecule has 0 amide bonds. The van der Waals surface area contributed by atoms with E-state index in [1.54, 1.807) is 7.11 Å². The number of methoxy groups -OCH3 is 1. The van der Waals surface area contributed by atoms with E-state index >= 15 is 0 Å². The molecule has 0 fully saturated rings. The minimum Gasteiger partial charge on any atom is -0.494 e. The molecule has 1 aliphatic heterocycles. The minimum absolute atomic E-state index is 0.654. The van der Waals surface area contributed by atoms with Gasteiger partial charge in [0, 0.05) is 22.7 Å². The zero-order chi connectivity index (χ0) is 24.5. The number of benzene rings is 1. The lowest BCUT2D eigenvalue weighted by Gasteiger charge is -2.02. The monoisotopic (exact) mass is 468 g/mol. The zero-order valence-corrected chi connectivity index (χ0v) is 21.0. The van der Waals surface area contributed by atoms with Crippen molar-refractivity contribution in [2.75, 3.05) is 7.11 Å². The van der Waals surface area contributed by atoms with E-state index in [1.807, 2.05) is 30.3 Å². The Balaban J connectivity index is 1.34. The number of aromatic nitrogens is 2. The number of aromatic amines is 2. The van der Waals surface area contributed by atoms with Crippen LogP contribution in [-0.4, -0.2) is 22.8 Å². The Kier molecular flexibility index (Phi) is 8.62. The van der Waals surface area contributed by atoms with E-state index in [4.69, 9.17) is 15.0 Å². The summed E-state index contributed by atoms with van der Waals surface area (Å²) in [5.41, 5.74) is 6.54. The summed E-state index contributed by atoms with van der Waals surface area (Å²) in [6.07, 6.45) is 19.3. The van der Waals surface area contributed by atoms with Crippen LogP contribution in [-0.2, 0) is 0 Å². The molecule has 0 radical (unpaired) electrons. The SMILES string of the molecule is CCCCCCCCCCCC1=N/C(=C/c2[nH]c(-c3cc4cc(C#N)ccc4[nH]3)cc2OC)C=C1. The van der Waals surface area contributed by atoms with Crippen molar-refractivity contribution in [1.29, 1.82) is 5.26 Å². The van der Waals surface area contributed by atoms with Crippen LogP contribution in [0.4, 0.5) is 0 Å². The number of hydrogen-bond donors (Lipinski definition) is 2. The maximum atomic E-state index is 9.16. The molecule has 182 valence electrons. The van der Waals surface area contributed by atoms with Gasteiger partial charge in [0.2, 0.25) is 0 Å². The highest BCUT2D eigenvalue weighted by atomic mass is 16.5. The second-order valence-corrected chi connectivity index (χ2v) is 9.35. The van der Waals surface area contributed by atoms with Gasteiger partial charge in [0.15, 0.2) is 0 Å². The number of ether oxygens (including phenoxy) is 1. The molecular weight excluding hydrogens is 432 g/mol. The van der Waals surface area contributed by atoms with E-state index in [0.717, 1.165) is 51.6 Å². The fourth-order valence-corrected chi connectivity index (χ4v) is 4.63. The summed E-state index contributed by atoms with van der Waals surface area (Å²) in [5.74, 6) is 0.778. The molecule has 0 unspecified atom stereocenters. The molecule has 3 heterocycles. The summed E-state index contributed by atoms with van der Waals surface area (Å²) in [5, 5.41) is 10.2. The molecule has 5 nitrogen and oxygen atoms in total. The Bertz CT molecular complexity index is 1270. The number of nitriles is 1. The average molecular weight is 469 g/mol. The van der Waals surface area contributed by atoms with Crippen molar-refractivity contribution in [1.82, 2.24) is 9.97 Å². The van der Waals surface area contributed by atoms with Gasteiger partial charge in [0.25, 0.3) is 0 Å². The van der Waals surface area contributed by atoms with E-state index in [-0.39, 0.29) is 0 Å². The van der Waals surface area contributed by atoms with Crippen molar-refractivity contribution in [2.45, 2.75) is 71.1 Å². The lowest BCUT2D eigenvalue weighted by atomic mass is 10.1. The summed E-state index contributed by atoms with van der Waals surface area (Å²) in [6, 6.07) is 11.9. The van der Waals surface area contributed by atoms with Crippen molar-refractivity contribution in [3.63, 3.8) is 0 Å². The van der Waals surface area contributed by atoms with Crippen LogP contribution in [0.1, 0.15) is 82.4 Å². The van der Waals surface area contributed by atoms with Crippen molar-refractivity contribution in [3.8, 4) is 23.2 Å². The lowest BCUT2D eigenvalue weighted by molar-refractivity contribution is 0.414. The van der Waals surface area contributed by atoms with Crippen LogP contribution in [0.25, 0.3) is 28.4 Å². The molecule has 0 atom stereocenters. The van der Waals surface area contributed by atoms with Crippen molar-refractivity contribution in [3.05, 3.63) is 59.4 Å². The van der Waals surface area contributed by atoms with E-state index in [9.17, 15) is 0 Å². The molecule has 0 spiro atoms. The molecule has 0 bridgehead atoms. The van der Waals surface area contributed by atoms with E-state index in [2.05, 4.69) is 41.2 Å². The van der Waals surface area contributed by atoms with Gasteiger partial charge in [-0.25, -0.2) is 0 Å². The van der Waals surface area contributed by atoms with Gasteiger partial charge < -0.3 is 14.7 Å². The first-order valence-electron chi connectivity index (χ1n) is 13.0. The second kappa shape index (κ2) is 12.3. The highest BCUT2D eigenvalue weighted by Crippen LogP contribution is 2.31. The van der Waals surface area contributed by atoms with Crippen LogP contribution < -0.4 is 4.74 Å². The maximum absolute atomic E-state index is 9.16. The fraction of sp³-hybridized carbons (Fsp3) is 0.400. The summed E-state index contributed by atoms with van der Waals surface area (Å²) in [7, 11) is 1.68. The van der Waals surface area contributed by atoms with Crippen molar-refractivity contribution < 1.29 is 4.74 Å². The van der Waals surface area contributed by atoms with Gasteiger partial charge in [0.05, 0.1) is 41.5 Å². The van der Waals surface area contributed by atoms with Crippen LogP contribution in [0.3, 0.4) is 0 Å². The van der Waals surface area contributed by atoms with Gasteiger partial charge in [0.1, 0.15) is 5.75 Å². The molecule has 35 heavy (non-hydrogen) atoms.